The lowest BCUT2D eigenvalue weighted by molar-refractivity contribution is -0.368. The summed E-state index contributed by atoms with van der Waals surface area (Å²) >= 11 is 0. The highest BCUT2D eigenvalue weighted by molar-refractivity contribution is 5.79. The molecule has 0 spiro atoms. The molecule has 4 saturated carbocycles. The Morgan fingerprint density at radius 2 is 1.25 bits per heavy atom. The molecule has 0 amide bonds. The molecular formula is C48H76O19. The molecule has 24 unspecified atom stereocenters. The number of hydrogen-bond acceptors (Lipinski definition) is 19. The van der Waals surface area contributed by atoms with Crippen molar-refractivity contribution in [1.29, 1.82) is 0 Å². The van der Waals surface area contributed by atoms with Gasteiger partial charge in [-0.15, -0.1) is 0 Å². The molecule has 7 fully saturated rings. The molecule has 8 aliphatic rings. The van der Waals surface area contributed by atoms with Crippen molar-refractivity contribution in [1.82, 2.24) is 0 Å². The topological polar surface area (TPSA) is 312 Å². The van der Waals surface area contributed by atoms with E-state index >= 15 is 4.79 Å². The monoisotopic (exact) mass is 956 g/mol. The van der Waals surface area contributed by atoms with Crippen molar-refractivity contribution < 1.29 is 94.2 Å². The van der Waals surface area contributed by atoms with Crippen LogP contribution in [-0.4, -0.2) is 186 Å². The number of hydrogen-bond donors (Lipinski definition) is 11. The van der Waals surface area contributed by atoms with Gasteiger partial charge in [-0.3, -0.25) is 4.79 Å². The van der Waals surface area contributed by atoms with Crippen molar-refractivity contribution in [2.45, 2.75) is 204 Å². The van der Waals surface area contributed by atoms with Crippen LogP contribution in [-0.2, 0) is 38.0 Å². The van der Waals surface area contributed by atoms with E-state index in [0.717, 1.165) is 32.0 Å². The Bertz CT molecular complexity index is 1840. The summed E-state index contributed by atoms with van der Waals surface area (Å²) in [6.07, 6.45) is -16.8. The molecule has 0 radical (unpaired) electrons. The number of ether oxygens (including phenoxy) is 6. The fourth-order valence-corrected chi connectivity index (χ4v) is 14.7. The lowest BCUT2D eigenvalue weighted by Gasteiger charge is -2.71. The fourth-order valence-electron chi connectivity index (χ4n) is 14.7. The molecule has 19 nitrogen and oxygen atoms in total. The van der Waals surface area contributed by atoms with Crippen LogP contribution in [0.3, 0.4) is 0 Å². The number of fused-ring (bicyclic) bond motifs is 7. The van der Waals surface area contributed by atoms with Gasteiger partial charge in [0.15, 0.2) is 18.7 Å². The molecular weight excluding hydrogens is 881 g/mol. The number of aliphatic hydroxyl groups is 11. The largest absolute Gasteiger partial charge is 0.432 e. The van der Waals surface area contributed by atoms with Crippen molar-refractivity contribution >= 4 is 12.3 Å². The SMILES string of the molecule is CC1(C)CCC2(C(=O)OC3OC(COC4OC(CO)C(O)C(O)C4O)C(O)C(O)C3OC3OC(CO)C(O)C(O)C3O)CCC3(C)C(=CCC4C5(C)CCC(O)C(C)(C=O)C5CCC43C)C2C1. The Balaban J connectivity index is 1.10. The van der Waals surface area contributed by atoms with Crippen LogP contribution < -0.4 is 0 Å². The molecule has 67 heavy (non-hydrogen) atoms. The number of esters is 1. The van der Waals surface area contributed by atoms with Crippen molar-refractivity contribution in [3.63, 3.8) is 0 Å². The third kappa shape index (κ3) is 8.10. The maximum Gasteiger partial charge on any atom is 0.315 e. The number of rotatable bonds is 10. The van der Waals surface area contributed by atoms with Crippen molar-refractivity contribution in [2.75, 3.05) is 19.8 Å². The van der Waals surface area contributed by atoms with E-state index in [0.29, 0.717) is 38.5 Å². The molecule has 0 bridgehead atoms. The van der Waals surface area contributed by atoms with Crippen molar-refractivity contribution in [3.05, 3.63) is 11.6 Å². The molecule has 0 aromatic rings. The number of aliphatic hydroxyl groups excluding tert-OH is 11. The standard InChI is InChI=1S/C48H76O19/c1-43(2)13-15-48(16-14-46(5)22(23(48)17-43)7-8-28-44(3)11-10-29(52)45(4,21-51)27(44)9-12-47(28,46)6)42(61)67-41-38(66-40-37(60)34(57)31(54)25(19-50)64-40)35(58)32(55)26(65-41)20-62-39-36(59)33(56)30(53)24(18-49)63-39/h7,21,23-41,49-50,52-60H,8-20H2,1-6H3. The van der Waals surface area contributed by atoms with Gasteiger partial charge in [-0.1, -0.05) is 53.2 Å². The van der Waals surface area contributed by atoms with Gasteiger partial charge in [0, 0.05) is 0 Å². The molecule has 3 saturated heterocycles. The first-order valence-electron chi connectivity index (χ1n) is 24.3. The Kier molecular flexibility index (Phi) is 14.1. The van der Waals surface area contributed by atoms with E-state index in [9.17, 15) is 61.0 Å². The Hall–Kier alpha value is -1.76. The first-order valence-corrected chi connectivity index (χ1v) is 24.3. The quantitative estimate of drug-likeness (QED) is 0.0734. The predicted molar refractivity (Wildman–Crippen MR) is 231 cm³/mol. The smallest absolute Gasteiger partial charge is 0.315 e. The number of aldehydes is 1. The molecule has 3 aliphatic heterocycles. The molecule has 3 heterocycles. The molecule has 382 valence electrons. The lowest BCUT2D eigenvalue weighted by Crippen LogP contribution is -2.66. The first kappa shape index (κ1) is 51.6. The summed E-state index contributed by atoms with van der Waals surface area (Å²) in [6, 6.07) is 0. The van der Waals surface area contributed by atoms with E-state index in [-0.39, 0.29) is 39.4 Å². The molecule has 11 N–H and O–H groups in total. The predicted octanol–water partition coefficient (Wildman–Crippen LogP) is -0.680. The van der Waals surface area contributed by atoms with Gasteiger partial charge in [0.1, 0.15) is 73.4 Å². The Morgan fingerprint density at radius 1 is 0.672 bits per heavy atom. The van der Waals surface area contributed by atoms with Crippen LogP contribution in [0.4, 0.5) is 0 Å². The zero-order chi connectivity index (χ0) is 49.0. The van der Waals surface area contributed by atoms with Crippen LogP contribution in [0.1, 0.15) is 106 Å². The van der Waals surface area contributed by atoms with E-state index in [1.165, 1.54) is 5.57 Å². The average molecular weight is 957 g/mol. The minimum absolute atomic E-state index is 0.0121. The average Bonchev–Trinajstić information content (AvgIpc) is 3.29. The second-order valence-corrected chi connectivity index (χ2v) is 23.2. The molecule has 8 rings (SSSR count). The van der Waals surface area contributed by atoms with Gasteiger partial charge in [-0.2, -0.15) is 0 Å². The van der Waals surface area contributed by atoms with Crippen LogP contribution in [0.15, 0.2) is 11.6 Å². The first-order chi connectivity index (χ1) is 31.4. The summed E-state index contributed by atoms with van der Waals surface area (Å²) < 4.78 is 35.4. The summed E-state index contributed by atoms with van der Waals surface area (Å²) in [6.45, 7) is 11.1. The lowest BCUT2D eigenvalue weighted by atomic mass is 9.33. The Morgan fingerprint density at radius 3 is 1.88 bits per heavy atom. The summed E-state index contributed by atoms with van der Waals surface area (Å²) in [5.74, 6) is -0.709. The van der Waals surface area contributed by atoms with Crippen molar-refractivity contribution in [3.8, 4) is 0 Å². The van der Waals surface area contributed by atoms with Gasteiger partial charge in [-0.25, -0.2) is 0 Å². The molecule has 0 aromatic heterocycles. The highest BCUT2D eigenvalue weighted by atomic mass is 16.8. The number of allylic oxidation sites excluding steroid dienone is 2. The summed E-state index contributed by atoms with van der Waals surface area (Å²) in [4.78, 5) is 28.1. The maximum absolute atomic E-state index is 15.4. The second-order valence-electron chi connectivity index (χ2n) is 23.2. The highest BCUT2D eigenvalue weighted by Crippen LogP contribution is 2.76. The van der Waals surface area contributed by atoms with E-state index in [2.05, 4.69) is 40.7 Å². The summed E-state index contributed by atoms with van der Waals surface area (Å²) in [7, 11) is 0. The van der Waals surface area contributed by atoms with Gasteiger partial charge in [-0.05, 0) is 104 Å². The summed E-state index contributed by atoms with van der Waals surface area (Å²) in [5.41, 5.74) is -1.67. The minimum atomic E-state index is -1.97. The van der Waals surface area contributed by atoms with Gasteiger partial charge in [0.05, 0.1) is 36.8 Å². The summed E-state index contributed by atoms with van der Waals surface area (Å²) in [5, 5.41) is 117. The maximum atomic E-state index is 15.4. The number of carbonyl (C=O) groups is 2. The van der Waals surface area contributed by atoms with E-state index in [1.807, 2.05) is 6.92 Å². The van der Waals surface area contributed by atoms with Crippen LogP contribution in [0.5, 0.6) is 0 Å². The second kappa shape index (κ2) is 18.4. The van der Waals surface area contributed by atoms with Crippen LogP contribution in [0, 0.1) is 50.2 Å². The Labute approximate surface area is 391 Å². The molecule has 0 aromatic carbocycles. The highest BCUT2D eigenvalue weighted by Gasteiger charge is 2.70. The van der Waals surface area contributed by atoms with Crippen LogP contribution in [0.25, 0.3) is 0 Å². The zero-order valence-electron chi connectivity index (χ0n) is 39.5. The van der Waals surface area contributed by atoms with Crippen molar-refractivity contribution in [2.24, 2.45) is 50.2 Å². The zero-order valence-corrected chi connectivity index (χ0v) is 39.5. The van der Waals surface area contributed by atoms with Gasteiger partial charge >= 0.3 is 5.97 Å². The molecule has 19 heteroatoms. The molecule has 24 atom stereocenters. The normalized spacial score (nSPS) is 54.0. The van der Waals surface area contributed by atoms with Crippen LogP contribution in [0.2, 0.25) is 0 Å². The van der Waals surface area contributed by atoms with E-state index in [4.69, 9.17) is 28.4 Å². The molecule has 5 aliphatic carbocycles. The van der Waals surface area contributed by atoms with Gasteiger partial charge < -0.3 is 89.4 Å². The van der Waals surface area contributed by atoms with Gasteiger partial charge in [0.25, 0.3) is 0 Å². The fraction of sp³-hybridized carbons (Fsp3) is 0.917. The van der Waals surface area contributed by atoms with E-state index < -0.39 is 135 Å². The minimum Gasteiger partial charge on any atom is -0.432 e. The third-order valence-electron chi connectivity index (χ3n) is 19.3. The van der Waals surface area contributed by atoms with Crippen LogP contribution >= 0.6 is 0 Å². The van der Waals surface area contributed by atoms with Gasteiger partial charge in [0.2, 0.25) is 6.29 Å². The third-order valence-corrected chi connectivity index (χ3v) is 19.3. The van der Waals surface area contributed by atoms with E-state index in [1.54, 1.807) is 0 Å². The number of carbonyl (C=O) groups excluding carboxylic acids is 2.